The van der Waals surface area contributed by atoms with Gasteiger partial charge in [-0.05, 0) is 13.3 Å². The number of hydrogen-bond donors (Lipinski definition) is 5. The zero-order valence-corrected chi connectivity index (χ0v) is 12.4. The molecule has 0 radical (unpaired) electrons. The Hall–Kier alpha value is -1.70. The van der Waals surface area contributed by atoms with Gasteiger partial charge in [-0.1, -0.05) is 18.2 Å². The highest BCUT2D eigenvalue weighted by Crippen LogP contribution is 1.99. The first-order valence-electron chi connectivity index (χ1n) is 6.97. The topological polar surface area (TPSA) is 130 Å². The summed E-state index contributed by atoms with van der Waals surface area (Å²) in [6.07, 6.45) is 6.06. The molecule has 0 aromatic rings. The summed E-state index contributed by atoms with van der Waals surface area (Å²) in [4.78, 5) is 22.7. The van der Waals surface area contributed by atoms with Crippen LogP contribution in [-0.2, 0) is 9.59 Å². The number of nitrogens with one attached hydrogen (secondary N) is 2. The first-order chi connectivity index (χ1) is 9.99. The summed E-state index contributed by atoms with van der Waals surface area (Å²) in [6, 6.07) is -0.465. The van der Waals surface area contributed by atoms with Crippen molar-refractivity contribution in [3.63, 3.8) is 0 Å². The molecule has 7 nitrogen and oxygen atoms in total. The van der Waals surface area contributed by atoms with E-state index in [1.807, 2.05) is 6.92 Å². The first kappa shape index (κ1) is 19.3. The van der Waals surface area contributed by atoms with Crippen LogP contribution >= 0.6 is 0 Å². The molecule has 0 aromatic carbocycles. The molecular weight excluding hydrogens is 272 g/mol. The minimum atomic E-state index is -0.790. The van der Waals surface area contributed by atoms with Gasteiger partial charge in [0.25, 0.3) is 0 Å². The molecule has 0 aliphatic rings. The second-order valence-corrected chi connectivity index (χ2v) is 4.62. The second kappa shape index (κ2) is 12.1. The van der Waals surface area contributed by atoms with Gasteiger partial charge in [0, 0.05) is 38.2 Å². The Morgan fingerprint density at radius 1 is 1.29 bits per heavy atom. The third-order valence-electron chi connectivity index (χ3n) is 2.55. The lowest BCUT2D eigenvalue weighted by molar-refractivity contribution is -0.121. The lowest BCUT2D eigenvalue weighted by atomic mass is 10.1. The quantitative estimate of drug-likeness (QED) is 0.255. The predicted octanol–water partition coefficient (Wildman–Crippen LogP) is -1.22. The molecule has 0 saturated heterocycles. The van der Waals surface area contributed by atoms with Crippen molar-refractivity contribution in [1.82, 2.24) is 10.6 Å². The molecule has 2 atom stereocenters. The van der Waals surface area contributed by atoms with Crippen LogP contribution in [0.4, 0.5) is 0 Å². The average Bonchev–Trinajstić information content (AvgIpc) is 2.43. The number of carbonyl (C=O) groups excluding carboxylic acids is 2. The molecule has 0 saturated carbocycles. The number of rotatable bonds is 10. The van der Waals surface area contributed by atoms with Crippen LogP contribution in [0.2, 0.25) is 0 Å². The second-order valence-electron chi connectivity index (χ2n) is 4.62. The highest BCUT2D eigenvalue weighted by molar-refractivity contribution is 5.87. The minimum absolute atomic E-state index is 0.0944. The van der Waals surface area contributed by atoms with E-state index in [-0.39, 0.29) is 31.2 Å². The van der Waals surface area contributed by atoms with Crippen molar-refractivity contribution >= 4 is 11.8 Å². The van der Waals surface area contributed by atoms with Crippen molar-refractivity contribution in [2.45, 2.75) is 31.9 Å². The van der Waals surface area contributed by atoms with Gasteiger partial charge in [0.1, 0.15) is 0 Å². The van der Waals surface area contributed by atoms with Gasteiger partial charge >= 0.3 is 0 Å². The smallest absolute Gasteiger partial charge is 0.244 e. The van der Waals surface area contributed by atoms with Crippen LogP contribution in [0.25, 0.3) is 0 Å². The lowest BCUT2D eigenvalue weighted by Gasteiger charge is -2.16. The summed E-state index contributed by atoms with van der Waals surface area (Å²) in [5, 5.41) is 14.9. The summed E-state index contributed by atoms with van der Waals surface area (Å²) in [7, 11) is 0. The predicted molar refractivity (Wildman–Crippen MR) is 82.2 cm³/mol. The number of carbonyl (C=O) groups is 2. The van der Waals surface area contributed by atoms with Crippen LogP contribution in [0.5, 0.6) is 0 Å². The number of nitrogens with two attached hydrogens (primary N) is 2. The van der Waals surface area contributed by atoms with E-state index >= 15 is 0 Å². The molecule has 0 aliphatic carbocycles. The van der Waals surface area contributed by atoms with Crippen molar-refractivity contribution in [3.8, 4) is 0 Å². The summed E-state index contributed by atoms with van der Waals surface area (Å²) in [5.41, 5.74) is 11.0. The Kier molecular flexibility index (Phi) is 11.1. The van der Waals surface area contributed by atoms with Crippen molar-refractivity contribution in [1.29, 1.82) is 0 Å². The molecular formula is C14H26N4O3. The number of allylic oxidation sites excluding steroid dienone is 3. The highest BCUT2D eigenvalue weighted by Gasteiger charge is 2.14. The maximum atomic E-state index is 11.4. The maximum absolute atomic E-state index is 11.4. The highest BCUT2D eigenvalue weighted by atomic mass is 16.3. The molecule has 2 amide bonds. The summed E-state index contributed by atoms with van der Waals surface area (Å²) < 4.78 is 0. The largest absolute Gasteiger partial charge is 0.391 e. The van der Waals surface area contributed by atoms with Crippen LogP contribution in [0, 0.1) is 0 Å². The fourth-order valence-electron chi connectivity index (χ4n) is 1.57. The standard InChI is InChI=1S/C14H26N4O3/c1-2-3-4-5-13(20)18-10-12(19)8-11(16)9-14(21)17-7-6-15/h2-5,11-12,19H,6-10,15-16H2,1H3,(H,17,21)(H,18,20)/b3-2-,5-4+/t11-,12-/m1/s1. The molecule has 0 spiro atoms. The van der Waals surface area contributed by atoms with Gasteiger partial charge in [-0.25, -0.2) is 0 Å². The van der Waals surface area contributed by atoms with E-state index in [1.165, 1.54) is 6.08 Å². The van der Waals surface area contributed by atoms with E-state index in [0.717, 1.165) is 0 Å². The average molecular weight is 298 g/mol. The van der Waals surface area contributed by atoms with Crippen molar-refractivity contribution in [3.05, 3.63) is 24.3 Å². The van der Waals surface area contributed by atoms with Gasteiger partial charge in [-0.3, -0.25) is 9.59 Å². The molecule has 0 fully saturated rings. The maximum Gasteiger partial charge on any atom is 0.244 e. The normalized spacial score (nSPS) is 14.3. The van der Waals surface area contributed by atoms with Gasteiger partial charge in [-0.15, -0.1) is 0 Å². The Morgan fingerprint density at radius 2 is 2.00 bits per heavy atom. The van der Waals surface area contributed by atoms with Crippen molar-refractivity contribution in [2.24, 2.45) is 11.5 Å². The summed E-state index contributed by atoms with van der Waals surface area (Å²) in [6.45, 7) is 2.72. The zero-order valence-electron chi connectivity index (χ0n) is 12.4. The molecule has 0 bridgehead atoms. The minimum Gasteiger partial charge on any atom is -0.391 e. The molecule has 0 aromatic heterocycles. The monoisotopic (exact) mass is 298 g/mol. The number of amides is 2. The van der Waals surface area contributed by atoms with Crippen LogP contribution < -0.4 is 22.1 Å². The van der Waals surface area contributed by atoms with E-state index in [0.29, 0.717) is 13.1 Å². The third kappa shape index (κ3) is 11.8. The Labute approximate surface area is 125 Å². The SMILES string of the molecule is C/C=C\C=C\C(=O)NC[C@H](O)C[C@@H](N)CC(=O)NCCN. The number of aliphatic hydroxyl groups is 1. The van der Waals surface area contributed by atoms with Crippen LogP contribution in [0.1, 0.15) is 19.8 Å². The van der Waals surface area contributed by atoms with E-state index < -0.39 is 12.1 Å². The van der Waals surface area contributed by atoms with E-state index in [1.54, 1.807) is 18.2 Å². The Bertz CT molecular complexity index is 369. The first-order valence-corrected chi connectivity index (χ1v) is 6.97. The number of hydrogen-bond acceptors (Lipinski definition) is 5. The van der Waals surface area contributed by atoms with Crippen LogP contribution in [0.3, 0.4) is 0 Å². The number of aliphatic hydroxyl groups excluding tert-OH is 1. The van der Waals surface area contributed by atoms with Crippen LogP contribution in [-0.4, -0.2) is 48.7 Å². The van der Waals surface area contributed by atoms with Gasteiger partial charge in [0.05, 0.1) is 6.10 Å². The Balaban J connectivity index is 3.89. The molecule has 0 aliphatic heterocycles. The van der Waals surface area contributed by atoms with E-state index in [9.17, 15) is 14.7 Å². The fraction of sp³-hybridized carbons (Fsp3) is 0.571. The molecule has 0 unspecified atom stereocenters. The van der Waals surface area contributed by atoms with Gasteiger partial charge in [0.2, 0.25) is 11.8 Å². The molecule has 0 rings (SSSR count). The Morgan fingerprint density at radius 3 is 2.62 bits per heavy atom. The summed E-state index contributed by atoms with van der Waals surface area (Å²) >= 11 is 0. The van der Waals surface area contributed by atoms with Gasteiger partial charge < -0.3 is 27.2 Å². The van der Waals surface area contributed by atoms with E-state index in [2.05, 4.69) is 10.6 Å². The van der Waals surface area contributed by atoms with E-state index in [4.69, 9.17) is 11.5 Å². The third-order valence-corrected chi connectivity index (χ3v) is 2.55. The molecule has 0 heterocycles. The molecule has 7 heteroatoms. The van der Waals surface area contributed by atoms with Crippen LogP contribution in [0.15, 0.2) is 24.3 Å². The van der Waals surface area contributed by atoms with Crippen molar-refractivity contribution in [2.75, 3.05) is 19.6 Å². The summed E-state index contributed by atoms with van der Waals surface area (Å²) in [5.74, 6) is -0.486. The lowest BCUT2D eigenvalue weighted by Crippen LogP contribution is -2.39. The van der Waals surface area contributed by atoms with Crippen molar-refractivity contribution < 1.29 is 14.7 Å². The molecule has 120 valence electrons. The zero-order chi connectivity index (χ0) is 16.1. The molecule has 7 N–H and O–H groups in total. The molecule has 21 heavy (non-hydrogen) atoms. The van der Waals surface area contributed by atoms with Gasteiger partial charge in [0.15, 0.2) is 0 Å². The fourth-order valence-corrected chi connectivity index (χ4v) is 1.57. The van der Waals surface area contributed by atoms with Gasteiger partial charge in [-0.2, -0.15) is 0 Å².